The van der Waals surface area contributed by atoms with Crippen LogP contribution in [0.15, 0.2) is 18.2 Å². The lowest BCUT2D eigenvalue weighted by Crippen LogP contribution is -2.05. The molecule has 3 radical (unpaired) electrons. The summed E-state index contributed by atoms with van der Waals surface area (Å²) < 4.78 is 0. The van der Waals surface area contributed by atoms with Crippen LogP contribution in [0.1, 0.15) is 31.4 Å². The minimum absolute atomic E-state index is 0.364. The van der Waals surface area contributed by atoms with E-state index in [1.54, 1.807) is 0 Å². The van der Waals surface area contributed by atoms with Crippen LogP contribution in [-0.2, 0) is 0 Å². The predicted octanol–water partition coefficient (Wildman–Crippen LogP) is 3.39. The Balaban J connectivity index is 3.07. The molecule has 3 heteroatoms. The van der Waals surface area contributed by atoms with E-state index >= 15 is 0 Å². The van der Waals surface area contributed by atoms with Gasteiger partial charge < -0.3 is 5.32 Å². The second kappa shape index (κ2) is 5.42. The van der Waals surface area contributed by atoms with Crippen LogP contribution in [0.25, 0.3) is 0 Å². The van der Waals surface area contributed by atoms with E-state index in [4.69, 9.17) is 11.6 Å². The molecule has 1 aromatic carbocycles. The van der Waals surface area contributed by atoms with Gasteiger partial charge in [-0.15, -0.1) is 0 Å². The van der Waals surface area contributed by atoms with Gasteiger partial charge in [0.1, 0.15) is 0 Å². The van der Waals surface area contributed by atoms with Gasteiger partial charge in [0, 0.05) is 16.8 Å². The third-order valence-electron chi connectivity index (χ3n) is 2.18. The Morgan fingerprint density at radius 1 is 1.43 bits per heavy atom. The molecule has 0 bridgehead atoms. The largest absolute Gasteiger partial charge is 0.384 e. The van der Waals surface area contributed by atoms with E-state index in [2.05, 4.69) is 35.5 Å². The fourth-order valence-electron chi connectivity index (χ4n) is 1.41. The predicted molar refractivity (Wildman–Crippen MR) is 64.4 cm³/mol. The first kappa shape index (κ1) is 11.6. The number of hydrogen-bond donors (Lipinski definition) is 1. The Morgan fingerprint density at radius 2 is 2.14 bits per heavy atom. The fourth-order valence-corrected chi connectivity index (χ4v) is 1.90. The van der Waals surface area contributed by atoms with Crippen LogP contribution < -0.4 is 5.32 Å². The zero-order valence-electron chi connectivity index (χ0n) is 8.60. The van der Waals surface area contributed by atoms with Crippen LogP contribution in [0.3, 0.4) is 0 Å². The van der Waals surface area contributed by atoms with Crippen LogP contribution in [0.5, 0.6) is 0 Å². The van der Waals surface area contributed by atoms with Gasteiger partial charge in [0.25, 0.3) is 0 Å². The highest BCUT2D eigenvalue weighted by Crippen LogP contribution is 2.31. The van der Waals surface area contributed by atoms with Gasteiger partial charge in [-0.1, -0.05) is 37.1 Å². The second-order valence-corrected chi connectivity index (χ2v) is 4.30. The lowest BCUT2D eigenvalue weighted by molar-refractivity contribution is 0.882. The van der Waals surface area contributed by atoms with E-state index in [9.17, 15) is 0 Å². The van der Waals surface area contributed by atoms with E-state index < -0.39 is 0 Å². The van der Waals surface area contributed by atoms with Crippen LogP contribution in [-0.4, -0.2) is 16.8 Å². The first-order valence-corrected chi connectivity index (χ1v) is 5.89. The molecule has 1 aromatic rings. The highest BCUT2D eigenvalue weighted by molar-refractivity contribution is 6.33. The van der Waals surface area contributed by atoms with Gasteiger partial charge in [-0.25, -0.2) is 0 Å². The first-order chi connectivity index (χ1) is 6.70. The maximum absolute atomic E-state index is 6.13. The molecular weight excluding hydrogens is 210 g/mol. The number of para-hydroxylation sites is 1. The number of rotatable bonds is 4. The van der Waals surface area contributed by atoms with Crippen molar-refractivity contribution < 1.29 is 0 Å². The van der Waals surface area contributed by atoms with E-state index in [1.807, 2.05) is 12.1 Å². The quantitative estimate of drug-likeness (QED) is 0.774. The summed E-state index contributed by atoms with van der Waals surface area (Å²) in [4.78, 5) is 0. The van der Waals surface area contributed by atoms with Crippen molar-refractivity contribution in [3.8, 4) is 0 Å². The summed E-state index contributed by atoms with van der Waals surface area (Å²) >= 11 is 6.13. The average Bonchev–Trinajstić information content (AvgIpc) is 2.20. The molecule has 1 unspecified atom stereocenters. The molecule has 0 saturated carbocycles. The SMILES string of the molecule is CCNc1c(Cl)cccc1C([Si])CC. The molecule has 0 aliphatic heterocycles. The Bertz CT molecular complexity index is 301. The average molecular weight is 225 g/mol. The monoisotopic (exact) mass is 224 g/mol. The third-order valence-corrected chi connectivity index (χ3v) is 3.22. The molecule has 0 spiro atoms. The highest BCUT2D eigenvalue weighted by atomic mass is 35.5. The van der Waals surface area contributed by atoms with Gasteiger partial charge in [-0.2, -0.15) is 0 Å². The molecule has 75 valence electrons. The number of nitrogens with one attached hydrogen (secondary N) is 1. The molecule has 0 amide bonds. The normalized spacial score (nSPS) is 12.6. The summed E-state index contributed by atoms with van der Waals surface area (Å²) in [5.74, 6) is 0. The number of halogens is 1. The Morgan fingerprint density at radius 3 is 2.71 bits per heavy atom. The maximum atomic E-state index is 6.13. The molecule has 1 N–H and O–H groups in total. The topological polar surface area (TPSA) is 12.0 Å². The molecule has 0 fully saturated rings. The summed E-state index contributed by atoms with van der Waals surface area (Å²) in [5, 5.41) is 4.09. The van der Waals surface area contributed by atoms with Crippen molar-refractivity contribution in [1.82, 2.24) is 0 Å². The smallest absolute Gasteiger partial charge is 0.0640 e. The Hall–Kier alpha value is -0.473. The molecular formula is C11H15ClNSi. The van der Waals surface area contributed by atoms with Crippen molar-refractivity contribution >= 4 is 27.5 Å². The van der Waals surface area contributed by atoms with Crippen molar-refractivity contribution in [2.45, 2.75) is 25.8 Å². The molecule has 0 heterocycles. The molecule has 1 atom stereocenters. The third kappa shape index (κ3) is 2.52. The minimum atomic E-state index is 0.364. The molecule has 0 aromatic heterocycles. The maximum Gasteiger partial charge on any atom is 0.0640 e. The highest BCUT2D eigenvalue weighted by Gasteiger charge is 2.10. The molecule has 14 heavy (non-hydrogen) atoms. The Labute approximate surface area is 94.3 Å². The fraction of sp³-hybridized carbons (Fsp3) is 0.455. The molecule has 0 aliphatic rings. The van der Waals surface area contributed by atoms with Gasteiger partial charge >= 0.3 is 0 Å². The van der Waals surface area contributed by atoms with Crippen molar-refractivity contribution in [3.63, 3.8) is 0 Å². The minimum Gasteiger partial charge on any atom is -0.384 e. The number of hydrogen-bond acceptors (Lipinski definition) is 1. The summed E-state index contributed by atoms with van der Waals surface area (Å²) in [5.41, 5.74) is 2.65. The van der Waals surface area contributed by atoms with Crippen molar-refractivity contribution in [3.05, 3.63) is 28.8 Å². The zero-order chi connectivity index (χ0) is 10.6. The van der Waals surface area contributed by atoms with Crippen molar-refractivity contribution in [2.24, 2.45) is 0 Å². The van der Waals surface area contributed by atoms with Gasteiger partial charge in [0.15, 0.2) is 0 Å². The second-order valence-electron chi connectivity index (χ2n) is 3.20. The van der Waals surface area contributed by atoms with Crippen LogP contribution in [0.4, 0.5) is 5.69 Å². The van der Waals surface area contributed by atoms with E-state index in [0.717, 1.165) is 23.7 Å². The lowest BCUT2D eigenvalue weighted by Gasteiger charge is -2.16. The molecule has 0 aliphatic carbocycles. The van der Waals surface area contributed by atoms with E-state index in [0.29, 0.717) is 5.54 Å². The van der Waals surface area contributed by atoms with Gasteiger partial charge in [0.2, 0.25) is 0 Å². The number of benzene rings is 1. The Kier molecular flexibility index (Phi) is 4.49. The molecule has 0 saturated heterocycles. The van der Waals surface area contributed by atoms with Crippen LogP contribution in [0, 0.1) is 0 Å². The molecule has 1 rings (SSSR count). The first-order valence-electron chi connectivity index (χ1n) is 4.94. The van der Waals surface area contributed by atoms with Crippen LogP contribution >= 0.6 is 11.6 Å². The van der Waals surface area contributed by atoms with Crippen molar-refractivity contribution in [2.75, 3.05) is 11.9 Å². The van der Waals surface area contributed by atoms with E-state index in [1.165, 1.54) is 5.56 Å². The van der Waals surface area contributed by atoms with Gasteiger partial charge in [-0.3, -0.25) is 0 Å². The summed E-state index contributed by atoms with van der Waals surface area (Å²) in [6.45, 7) is 5.11. The van der Waals surface area contributed by atoms with Gasteiger partial charge in [0.05, 0.1) is 10.7 Å². The lowest BCUT2D eigenvalue weighted by atomic mass is 10.1. The van der Waals surface area contributed by atoms with Gasteiger partial charge in [-0.05, 0) is 24.1 Å². The zero-order valence-corrected chi connectivity index (χ0v) is 10.4. The summed E-state index contributed by atoms with van der Waals surface area (Å²) in [6, 6.07) is 6.00. The van der Waals surface area contributed by atoms with E-state index in [-0.39, 0.29) is 0 Å². The number of anilines is 1. The molecule has 1 nitrogen and oxygen atoms in total. The van der Waals surface area contributed by atoms with Crippen LogP contribution in [0.2, 0.25) is 5.02 Å². The summed E-state index contributed by atoms with van der Waals surface area (Å²) in [6.07, 6.45) is 1.05. The standard InChI is InChI=1S/C11H15ClNSi/c1-3-10(14)8-6-5-7-9(12)11(8)13-4-2/h5-7,10,13H,3-4H2,1-2H3. The summed E-state index contributed by atoms with van der Waals surface area (Å²) in [7, 11) is 3.69. The van der Waals surface area contributed by atoms with Crippen molar-refractivity contribution in [1.29, 1.82) is 0 Å².